The molecule has 1 aromatic carbocycles. The van der Waals surface area contributed by atoms with E-state index < -0.39 is 9.84 Å². The van der Waals surface area contributed by atoms with E-state index in [1.807, 2.05) is 20.8 Å². The number of sulfone groups is 1. The van der Waals surface area contributed by atoms with Crippen molar-refractivity contribution >= 4 is 15.9 Å². The molecule has 6 heteroatoms. The predicted molar refractivity (Wildman–Crippen MR) is 79.3 cm³/mol. The molecular weight excluding hydrogens is 276 g/mol. The molecule has 0 heterocycles. The topological polar surface area (TPSA) is 75.3 Å². The zero-order valence-corrected chi connectivity index (χ0v) is 13.1. The highest BCUT2D eigenvalue weighted by Gasteiger charge is 2.11. The Morgan fingerprint density at radius 2 is 1.70 bits per heavy atom. The number of benzene rings is 1. The molecular formula is C14H22N2O3S. The zero-order valence-electron chi connectivity index (χ0n) is 12.3. The van der Waals surface area contributed by atoms with E-state index in [-0.39, 0.29) is 17.0 Å². The lowest BCUT2D eigenvalue weighted by Gasteiger charge is -2.16. The SMILES string of the molecule is CC(C)CNC(=O)NC(C)c1ccc(S(C)(=O)=O)cc1. The summed E-state index contributed by atoms with van der Waals surface area (Å²) in [5.74, 6) is 0.394. The van der Waals surface area contributed by atoms with Gasteiger partial charge in [-0.05, 0) is 30.5 Å². The van der Waals surface area contributed by atoms with E-state index in [9.17, 15) is 13.2 Å². The highest BCUT2D eigenvalue weighted by molar-refractivity contribution is 7.90. The second kappa shape index (κ2) is 6.74. The molecule has 20 heavy (non-hydrogen) atoms. The summed E-state index contributed by atoms with van der Waals surface area (Å²) < 4.78 is 22.7. The van der Waals surface area contributed by atoms with E-state index in [4.69, 9.17) is 0 Å². The molecule has 1 unspecified atom stereocenters. The van der Waals surface area contributed by atoms with Crippen molar-refractivity contribution in [1.29, 1.82) is 0 Å². The first-order valence-corrected chi connectivity index (χ1v) is 8.43. The first-order chi connectivity index (χ1) is 9.20. The normalized spacial score (nSPS) is 13.1. The van der Waals surface area contributed by atoms with Gasteiger partial charge < -0.3 is 10.6 Å². The maximum absolute atomic E-state index is 11.6. The fraction of sp³-hybridized carbons (Fsp3) is 0.500. The summed E-state index contributed by atoms with van der Waals surface area (Å²) in [6.45, 7) is 6.51. The molecule has 0 saturated carbocycles. The molecule has 112 valence electrons. The largest absolute Gasteiger partial charge is 0.338 e. The summed E-state index contributed by atoms with van der Waals surface area (Å²) in [4.78, 5) is 11.9. The number of carbonyl (C=O) groups excluding carboxylic acids is 1. The third-order valence-corrected chi connectivity index (χ3v) is 3.96. The summed E-state index contributed by atoms with van der Waals surface area (Å²) in [6.07, 6.45) is 1.17. The van der Waals surface area contributed by atoms with Crippen molar-refractivity contribution in [2.24, 2.45) is 5.92 Å². The molecule has 0 aliphatic rings. The van der Waals surface area contributed by atoms with Gasteiger partial charge in [-0.1, -0.05) is 26.0 Å². The first-order valence-electron chi connectivity index (χ1n) is 6.54. The number of rotatable bonds is 5. The Bertz CT molecular complexity index is 550. The van der Waals surface area contributed by atoms with Crippen LogP contribution in [-0.4, -0.2) is 27.2 Å². The van der Waals surface area contributed by atoms with Gasteiger partial charge in [0.05, 0.1) is 10.9 Å². The van der Waals surface area contributed by atoms with Crippen LogP contribution in [0.2, 0.25) is 0 Å². The molecule has 0 fully saturated rings. The van der Waals surface area contributed by atoms with Crippen LogP contribution >= 0.6 is 0 Å². The van der Waals surface area contributed by atoms with Gasteiger partial charge in [0.1, 0.15) is 0 Å². The molecule has 0 bridgehead atoms. The van der Waals surface area contributed by atoms with Crippen LogP contribution in [0.4, 0.5) is 4.79 Å². The van der Waals surface area contributed by atoms with E-state index in [0.29, 0.717) is 12.5 Å². The smallest absolute Gasteiger partial charge is 0.315 e. The summed E-state index contributed by atoms with van der Waals surface area (Å²) in [6, 6.07) is 6.12. The maximum atomic E-state index is 11.6. The van der Waals surface area contributed by atoms with Crippen LogP contribution in [0.3, 0.4) is 0 Å². The molecule has 2 N–H and O–H groups in total. The third kappa shape index (κ3) is 5.21. The number of amides is 2. The van der Waals surface area contributed by atoms with Crippen molar-refractivity contribution in [1.82, 2.24) is 10.6 Å². The Hall–Kier alpha value is -1.56. The van der Waals surface area contributed by atoms with Crippen LogP contribution in [-0.2, 0) is 9.84 Å². The molecule has 1 rings (SSSR count). The van der Waals surface area contributed by atoms with Gasteiger partial charge in [0.15, 0.2) is 9.84 Å². The van der Waals surface area contributed by atoms with Crippen LogP contribution < -0.4 is 10.6 Å². The molecule has 1 aromatic rings. The van der Waals surface area contributed by atoms with Crippen LogP contribution in [0.5, 0.6) is 0 Å². The van der Waals surface area contributed by atoms with Gasteiger partial charge >= 0.3 is 6.03 Å². The van der Waals surface area contributed by atoms with E-state index in [0.717, 1.165) is 5.56 Å². The Kier molecular flexibility index (Phi) is 5.56. The lowest BCUT2D eigenvalue weighted by Crippen LogP contribution is -2.38. The van der Waals surface area contributed by atoms with Gasteiger partial charge in [-0.25, -0.2) is 13.2 Å². The van der Waals surface area contributed by atoms with Crippen molar-refractivity contribution in [2.45, 2.75) is 31.7 Å². The molecule has 0 saturated heterocycles. The van der Waals surface area contributed by atoms with Crippen molar-refractivity contribution in [3.63, 3.8) is 0 Å². The Morgan fingerprint density at radius 1 is 1.15 bits per heavy atom. The lowest BCUT2D eigenvalue weighted by molar-refractivity contribution is 0.236. The second-order valence-electron chi connectivity index (χ2n) is 5.31. The van der Waals surface area contributed by atoms with E-state index in [1.165, 1.54) is 6.26 Å². The Balaban J connectivity index is 2.64. The average molecular weight is 298 g/mol. The minimum Gasteiger partial charge on any atom is -0.338 e. The van der Waals surface area contributed by atoms with Crippen LogP contribution in [0.1, 0.15) is 32.4 Å². The van der Waals surface area contributed by atoms with E-state index in [2.05, 4.69) is 10.6 Å². The van der Waals surface area contributed by atoms with E-state index >= 15 is 0 Å². The fourth-order valence-corrected chi connectivity index (χ4v) is 2.26. The van der Waals surface area contributed by atoms with Crippen molar-refractivity contribution < 1.29 is 13.2 Å². The van der Waals surface area contributed by atoms with Crippen LogP contribution in [0.15, 0.2) is 29.2 Å². The van der Waals surface area contributed by atoms with Gasteiger partial charge in [-0.3, -0.25) is 0 Å². The highest BCUT2D eigenvalue weighted by atomic mass is 32.2. The number of nitrogens with one attached hydrogen (secondary N) is 2. The number of urea groups is 1. The number of hydrogen-bond donors (Lipinski definition) is 2. The molecule has 0 aromatic heterocycles. The Morgan fingerprint density at radius 3 is 2.15 bits per heavy atom. The predicted octanol–water partition coefficient (Wildman–Crippen LogP) is 2.11. The van der Waals surface area contributed by atoms with E-state index in [1.54, 1.807) is 24.3 Å². The fourth-order valence-electron chi connectivity index (χ4n) is 1.63. The molecule has 1 atom stereocenters. The highest BCUT2D eigenvalue weighted by Crippen LogP contribution is 2.16. The summed E-state index contributed by atoms with van der Waals surface area (Å²) in [5, 5.41) is 5.58. The maximum Gasteiger partial charge on any atom is 0.315 e. The number of hydrogen-bond acceptors (Lipinski definition) is 3. The van der Waals surface area contributed by atoms with Gasteiger partial charge in [0.2, 0.25) is 0 Å². The van der Waals surface area contributed by atoms with Gasteiger partial charge in [-0.15, -0.1) is 0 Å². The molecule has 0 radical (unpaired) electrons. The molecule has 0 spiro atoms. The Labute approximate surface area is 120 Å². The van der Waals surface area contributed by atoms with Crippen molar-refractivity contribution in [3.05, 3.63) is 29.8 Å². The van der Waals surface area contributed by atoms with Crippen LogP contribution in [0.25, 0.3) is 0 Å². The monoisotopic (exact) mass is 298 g/mol. The summed E-state index contributed by atoms with van der Waals surface area (Å²) in [5.41, 5.74) is 0.858. The molecule has 0 aliphatic heterocycles. The summed E-state index contributed by atoms with van der Waals surface area (Å²) >= 11 is 0. The molecule has 5 nitrogen and oxygen atoms in total. The standard InChI is InChI=1S/C14H22N2O3S/c1-10(2)9-15-14(17)16-11(3)12-5-7-13(8-6-12)20(4,18)19/h5-8,10-11H,9H2,1-4H3,(H2,15,16,17). The molecule has 0 aliphatic carbocycles. The number of carbonyl (C=O) groups is 1. The third-order valence-electron chi connectivity index (χ3n) is 2.83. The molecule has 2 amide bonds. The lowest BCUT2D eigenvalue weighted by atomic mass is 10.1. The van der Waals surface area contributed by atoms with Gasteiger partial charge in [0.25, 0.3) is 0 Å². The average Bonchev–Trinajstić information content (AvgIpc) is 2.35. The van der Waals surface area contributed by atoms with Crippen molar-refractivity contribution in [3.8, 4) is 0 Å². The minimum atomic E-state index is -3.19. The quantitative estimate of drug-likeness (QED) is 0.874. The summed E-state index contributed by atoms with van der Waals surface area (Å²) in [7, 11) is -3.19. The second-order valence-corrected chi connectivity index (χ2v) is 7.33. The van der Waals surface area contributed by atoms with Gasteiger partial charge in [-0.2, -0.15) is 0 Å². The van der Waals surface area contributed by atoms with Crippen molar-refractivity contribution in [2.75, 3.05) is 12.8 Å². The van der Waals surface area contributed by atoms with Gasteiger partial charge in [0, 0.05) is 12.8 Å². The first kappa shape index (κ1) is 16.5. The zero-order chi connectivity index (χ0) is 15.3. The minimum absolute atomic E-state index is 0.184. The van der Waals surface area contributed by atoms with Crippen LogP contribution in [0, 0.1) is 5.92 Å².